The van der Waals surface area contributed by atoms with Crippen molar-refractivity contribution in [2.75, 3.05) is 19.6 Å². The van der Waals surface area contributed by atoms with Crippen molar-refractivity contribution in [2.24, 2.45) is 5.92 Å². The third kappa shape index (κ3) is 3.41. The van der Waals surface area contributed by atoms with Crippen LogP contribution in [0.1, 0.15) is 54.2 Å². The molecule has 20 heavy (non-hydrogen) atoms. The number of nitrogens with one attached hydrogen (secondary N) is 1. The first kappa shape index (κ1) is 14.5. The van der Waals surface area contributed by atoms with Gasteiger partial charge >= 0.3 is 0 Å². The van der Waals surface area contributed by atoms with Crippen molar-refractivity contribution in [1.29, 1.82) is 0 Å². The van der Waals surface area contributed by atoms with E-state index in [9.17, 15) is 0 Å². The zero-order valence-electron chi connectivity index (χ0n) is 13.0. The van der Waals surface area contributed by atoms with E-state index in [-0.39, 0.29) is 0 Å². The third-order valence-corrected chi connectivity index (χ3v) is 5.92. The summed E-state index contributed by atoms with van der Waals surface area (Å²) in [5, 5.41) is 4.86. The molecule has 1 aliphatic carbocycles. The maximum absolute atomic E-state index is 4.62. The highest BCUT2D eigenvalue weighted by molar-refractivity contribution is 7.11. The Kier molecular flexibility index (Phi) is 4.43. The first-order valence-corrected chi connectivity index (χ1v) is 8.86. The summed E-state index contributed by atoms with van der Waals surface area (Å²) in [4.78, 5) is 8.80. The number of hydrogen-bond acceptors (Lipinski definition) is 4. The molecule has 112 valence electrons. The molecule has 0 amide bonds. The molecule has 1 aromatic heterocycles. The van der Waals surface area contributed by atoms with E-state index in [1.165, 1.54) is 60.9 Å². The van der Waals surface area contributed by atoms with Crippen molar-refractivity contribution in [3.05, 3.63) is 15.6 Å². The molecular weight excluding hydrogens is 266 g/mol. The second-order valence-electron chi connectivity index (χ2n) is 6.55. The molecule has 2 aliphatic rings. The largest absolute Gasteiger partial charge is 0.313 e. The average molecular weight is 293 g/mol. The lowest BCUT2D eigenvalue weighted by Crippen LogP contribution is -2.40. The molecule has 1 saturated heterocycles. The van der Waals surface area contributed by atoms with Gasteiger partial charge < -0.3 is 5.32 Å². The van der Waals surface area contributed by atoms with Crippen molar-refractivity contribution in [2.45, 2.75) is 58.5 Å². The Morgan fingerprint density at radius 2 is 2.10 bits per heavy atom. The highest BCUT2D eigenvalue weighted by Gasteiger charge is 2.30. The minimum Gasteiger partial charge on any atom is -0.313 e. The standard InChI is InChI=1S/C16H27N3S/c1-11-16(20-13(3)18-11)12(2)19(9-14-6-7-14)10-15-5-4-8-17-15/h12,14-15,17H,4-10H2,1-3H3. The normalized spacial score (nSPS) is 24.5. The molecule has 3 rings (SSSR count). The third-order valence-electron chi connectivity index (χ3n) is 4.67. The number of rotatable bonds is 6. The lowest BCUT2D eigenvalue weighted by molar-refractivity contribution is 0.186. The van der Waals surface area contributed by atoms with Crippen LogP contribution in [0.5, 0.6) is 0 Å². The lowest BCUT2D eigenvalue weighted by Gasteiger charge is -2.31. The van der Waals surface area contributed by atoms with Crippen LogP contribution < -0.4 is 5.32 Å². The summed E-state index contributed by atoms with van der Waals surface area (Å²) in [7, 11) is 0. The van der Waals surface area contributed by atoms with Gasteiger partial charge in [0, 0.05) is 30.1 Å². The summed E-state index contributed by atoms with van der Waals surface area (Å²) in [6.07, 6.45) is 5.55. The van der Waals surface area contributed by atoms with Gasteiger partial charge in [-0.15, -0.1) is 11.3 Å². The van der Waals surface area contributed by atoms with Crippen molar-refractivity contribution in [1.82, 2.24) is 15.2 Å². The predicted molar refractivity (Wildman–Crippen MR) is 85.3 cm³/mol. The van der Waals surface area contributed by atoms with Crippen molar-refractivity contribution >= 4 is 11.3 Å². The fourth-order valence-corrected chi connectivity index (χ4v) is 4.33. The number of thiazole rings is 1. The smallest absolute Gasteiger partial charge is 0.0900 e. The number of nitrogens with zero attached hydrogens (tertiary/aromatic N) is 2. The minimum absolute atomic E-state index is 0.518. The van der Waals surface area contributed by atoms with Crippen LogP contribution in [-0.2, 0) is 0 Å². The summed E-state index contributed by atoms with van der Waals surface area (Å²) in [6.45, 7) is 10.3. The van der Waals surface area contributed by atoms with E-state index in [2.05, 4.69) is 36.0 Å². The van der Waals surface area contributed by atoms with Gasteiger partial charge in [0.25, 0.3) is 0 Å². The molecular formula is C16H27N3S. The molecule has 4 heteroatoms. The van der Waals surface area contributed by atoms with Crippen LogP contribution in [0, 0.1) is 19.8 Å². The molecule has 2 unspecified atom stereocenters. The Balaban J connectivity index is 1.70. The van der Waals surface area contributed by atoms with Crippen LogP contribution in [0.25, 0.3) is 0 Å². The van der Waals surface area contributed by atoms with Gasteiger partial charge in [-0.1, -0.05) is 0 Å². The molecule has 0 bridgehead atoms. The lowest BCUT2D eigenvalue weighted by atomic mass is 10.1. The van der Waals surface area contributed by atoms with E-state index in [1.807, 2.05) is 11.3 Å². The second-order valence-corrected chi connectivity index (χ2v) is 7.78. The van der Waals surface area contributed by atoms with E-state index >= 15 is 0 Å². The first-order valence-electron chi connectivity index (χ1n) is 8.05. The van der Waals surface area contributed by atoms with Crippen molar-refractivity contribution < 1.29 is 0 Å². The predicted octanol–water partition coefficient (Wildman–Crippen LogP) is 3.28. The van der Waals surface area contributed by atoms with E-state index < -0.39 is 0 Å². The second kappa shape index (κ2) is 6.12. The molecule has 1 saturated carbocycles. The van der Waals surface area contributed by atoms with Crippen LogP contribution in [0.4, 0.5) is 0 Å². The summed E-state index contributed by atoms with van der Waals surface area (Å²) in [5.74, 6) is 0.952. The van der Waals surface area contributed by atoms with Crippen LogP contribution in [0.3, 0.4) is 0 Å². The summed E-state index contributed by atoms with van der Waals surface area (Å²) >= 11 is 1.88. The zero-order valence-corrected chi connectivity index (χ0v) is 13.8. The molecule has 2 atom stereocenters. The Morgan fingerprint density at radius 1 is 1.30 bits per heavy atom. The fourth-order valence-electron chi connectivity index (χ4n) is 3.32. The van der Waals surface area contributed by atoms with E-state index in [0.717, 1.165) is 5.92 Å². The van der Waals surface area contributed by atoms with Crippen molar-refractivity contribution in [3.8, 4) is 0 Å². The molecule has 0 spiro atoms. The van der Waals surface area contributed by atoms with E-state index in [0.29, 0.717) is 12.1 Å². The highest BCUT2D eigenvalue weighted by Crippen LogP contribution is 2.35. The highest BCUT2D eigenvalue weighted by atomic mass is 32.1. The summed E-state index contributed by atoms with van der Waals surface area (Å²) in [6, 6.07) is 1.22. The van der Waals surface area contributed by atoms with Gasteiger partial charge in [0.05, 0.1) is 10.7 Å². The first-order chi connectivity index (χ1) is 9.63. The number of hydrogen-bond donors (Lipinski definition) is 1. The van der Waals surface area contributed by atoms with Gasteiger partial charge in [0.1, 0.15) is 0 Å². The maximum Gasteiger partial charge on any atom is 0.0900 e. The average Bonchev–Trinajstić information content (AvgIpc) is 2.94. The van der Waals surface area contributed by atoms with Gasteiger partial charge in [-0.05, 0) is 58.9 Å². The molecule has 3 nitrogen and oxygen atoms in total. The van der Waals surface area contributed by atoms with Crippen LogP contribution in [0.2, 0.25) is 0 Å². The molecule has 1 N–H and O–H groups in total. The van der Waals surface area contributed by atoms with Crippen molar-refractivity contribution in [3.63, 3.8) is 0 Å². The topological polar surface area (TPSA) is 28.2 Å². The fraction of sp³-hybridized carbons (Fsp3) is 0.812. The zero-order chi connectivity index (χ0) is 14.1. The molecule has 0 aromatic carbocycles. The Bertz CT molecular complexity index is 447. The Morgan fingerprint density at radius 3 is 2.65 bits per heavy atom. The quantitative estimate of drug-likeness (QED) is 0.872. The van der Waals surface area contributed by atoms with Gasteiger partial charge in [-0.3, -0.25) is 4.90 Å². The molecule has 2 fully saturated rings. The minimum atomic E-state index is 0.518. The van der Waals surface area contributed by atoms with Gasteiger partial charge in [0.15, 0.2) is 0 Å². The van der Waals surface area contributed by atoms with Crippen LogP contribution in [0.15, 0.2) is 0 Å². The maximum atomic E-state index is 4.62. The van der Waals surface area contributed by atoms with Gasteiger partial charge in [0.2, 0.25) is 0 Å². The van der Waals surface area contributed by atoms with Crippen LogP contribution in [-0.4, -0.2) is 35.6 Å². The van der Waals surface area contributed by atoms with Crippen LogP contribution >= 0.6 is 11.3 Å². The molecule has 0 radical (unpaired) electrons. The number of aromatic nitrogens is 1. The van der Waals surface area contributed by atoms with E-state index in [4.69, 9.17) is 0 Å². The number of aryl methyl sites for hydroxylation is 2. The SMILES string of the molecule is Cc1nc(C)c(C(C)N(CC2CC2)CC2CCCN2)s1. The summed E-state index contributed by atoms with van der Waals surface area (Å²) in [5.41, 5.74) is 1.24. The molecule has 1 aromatic rings. The van der Waals surface area contributed by atoms with Gasteiger partial charge in [-0.2, -0.15) is 0 Å². The van der Waals surface area contributed by atoms with Gasteiger partial charge in [-0.25, -0.2) is 4.98 Å². The molecule has 1 aliphatic heterocycles. The monoisotopic (exact) mass is 293 g/mol. The molecule has 2 heterocycles. The van der Waals surface area contributed by atoms with E-state index in [1.54, 1.807) is 0 Å². The Labute approximate surface area is 126 Å². The summed E-state index contributed by atoms with van der Waals surface area (Å²) < 4.78 is 0. The Hall–Kier alpha value is -0.450.